The molecule has 2 heterocycles. The summed E-state index contributed by atoms with van der Waals surface area (Å²) in [6.07, 6.45) is 4.47. The minimum Gasteiger partial charge on any atom is -0.457 e. The summed E-state index contributed by atoms with van der Waals surface area (Å²) >= 11 is 0. The van der Waals surface area contributed by atoms with Crippen molar-refractivity contribution in [3.63, 3.8) is 0 Å². The molecule has 0 bridgehead atoms. The van der Waals surface area contributed by atoms with Crippen molar-refractivity contribution in [2.75, 3.05) is 23.7 Å². The molecule has 0 saturated carbocycles. The van der Waals surface area contributed by atoms with Crippen LogP contribution in [0.5, 0.6) is 11.5 Å². The van der Waals surface area contributed by atoms with Gasteiger partial charge in [0.1, 0.15) is 11.5 Å². The second-order valence-corrected chi connectivity index (χ2v) is 8.51. The van der Waals surface area contributed by atoms with E-state index < -0.39 is 5.92 Å². The molecule has 6 nitrogen and oxygen atoms in total. The van der Waals surface area contributed by atoms with Crippen molar-refractivity contribution in [3.05, 3.63) is 83.9 Å². The second-order valence-electron chi connectivity index (χ2n) is 8.51. The largest absolute Gasteiger partial charge is 0.457 e. The molecule has 0 spiro atoms. The number of urea groups is 1. The minimum absolute atomic E-state index is 0.0656. The maximum Gasteiger partial charge on any atom is 0.321 e. The highest BCUT2D eigenvalue weighted by atomic mass is 16.5. The number of nitrogens with zero attached hydrogens (tertiary/aromatic N) is 1. The van der Waals surface area contributed by atoms with Crippen molar-refractivity contribution in [3.8, 4) is 11.5 Å². The van der Waals surface area contributed by atoms with Crippen LogP contribution in [0, 0.1) is 0 Å². The molecule has 0 aromatic heterocycles. The summed E-state index contributed by atoms with van der Waals surface area (Å²) in [5.74, 6) is 0.805. The first-order valence-corrected chi connectivity index (χ1v) is 11.5. The van der Waals surface area contributed by atoms with E-state index in [9.17, 15) is 9.59 Å². The molecule has 168 valence electrons. The number of fused-ring (bicyclic) bond motifs is 2. The van der Waals surface area contributed by atoms with Crippen molar-refractivity contribution in [1.29, 1.82) is 0 Å². The van der Waals surface area contributed by atoms with Gasteiger partial charge in [0.15, 0.2) is 0 Å². The van der Waals surface area contributed by atoms with Gasteiger partial charge in [-0.1, -0.05) is 49.2 Å². The summed E-state index contributed by atoms with van der Waals surface area (Å²) in [4.78, 5) is 27.8. The molecular formula is C27H27N3O3. The Hall–Kier alpha value is -3.80. The lowest BCUT2D eigenvalue weighted by molar-refractivity contribution is -0.116. The van der Waals surface area contributed by atoms with Crippen LogP contribution in [0.1, 0.15) is 42.7 Å². The normalized spacial score (nSPS) is 15.5. The quantitative estimate of drug-likeness (QED) is 0.526. The van der Waals surface area contributed by atoms with Gasteiger partial charge in [-0.3, -0.25) is 4.79 Å². The van der Waals surface area contributed by atoms with Crippen LogP contribution in [0.4, 0.5) is 16.2 Å². The van der Waals surface area contributed by atoms with E-state index >= 15 is 0 Å². The van der Waals surface area contributed by atoms with E-state index in [0.29, 0.717) is 22.9 Å². The van der Waals surface area contributed by atoms with E-state index in [1.54, 1.807) is 0 Å². The summed E-state index contributed by atoms with van der Waals surface area (Å²) in [5, 5.41) is 6.00. The van der Waals surface area contributed by atoms with Crippen molar-refractivity contribution >= 4 is 23.3 Å². The molecule has 0 unspecified atom stereocenters. The van der Waals surface area contributed by atoms with Crippen LogP contribution in [0.3, 0.4) is 0 Å². The Morgan fingerprint density at radius 3 is 1.79 bits per heavy atom. The molecule has 0 atom stereocenters. The molecule has 2 aliphatic rings. The highest BCUT2D eigenvalue weighted by molar-refractivity contribution is 6.00. The molecule has 33 heavy (non-hydrogen) atoms. The Labute approximate surface area is 193 Å². The number of anilines is 2. The van der Waals surface area contributed by atoms with Crippen LogP contribution in [0.15, 0.2) is 72.8 Å². The molecule has 0 radical (unpaired) electrons. The number of likely N-dealkylation sites (tertiary alicyclic amines) is 1. The van der Waals surface area contributed by atoms with Crippen LogP contribution in [-0.2, 0) is 4.79 Å². The molecule has 6 heteroatoms. The number of carbonyl (C=O) groups is 2. The Morgan fingerprint density at radius 2 is 1.21 bits per heavy atom. The Balaban J connectivity index is 1.29. The number of amides is 3. The fourth-order valence-corrected chi connectivity index (χ4v) is 4.52. The van der Waals surface area contributed by atoms with Gasteiger partial charge in [0.25, 0.3) is 0 Å². The average molecular weight is 442 g/mol. The monoisotopic (exact) mass is 441 g/mol. The third kappa shape index (κ3) is 4.55. The first kappa shape index (κ1) is 21.1. The lowest BCUT2D eigenvalue weighted by atomic mass is 9.87. The van der Waals surface area contributed by atoms with Crippen LogP contribution in [-0.4, -0.2) is 29.9 Å². The predicted molar refractivity (Wildman–Crippen MR) is 129 cm³/mol. The Bertz CT molecular complexity index is 1110. The van der Waals surface area contributed by atoms with Gasteiger partial charge in [0.05, 0.1) is 5.92 Å². The highest BCUT2D eigenvalue weighted by Crippen LogP contribution is 2.44. The summed E-state index contributed by atoms with van der Waals surface area (Å²) in [5.41, 5.74) is 3.07. The first-order chi connectivity index (χ1) is 16.2. The molecule has 2 N–H and O–H groups in total. The van der Waals surface area contributed by atoms with Gasteiger partial charge in [0.2, 0.25) is 5.91 Å². The van der Waals surface area contributed by atoms with E-state index in [1.807, 2.05) is 77.7 Å². The minimum atomic E-state index is -0.464. The number of hydrogen-bond acceptors (Lipinski definition) is 3. The van der Waals surface area contributed by atoms with E-state index in [2.05, 4.69) is 10.6 Å². The van der Waals surface area contributed by atoms with Crippen molar-refractivity contribution < 1.29 is 14.3 Å². The molecular weight excluding hydrogens is 414 g/mol. The van der Waals surface area contributed by atoms with Crippen LogP contribution < -0.4 is 15.4 Å². The number of ether oxygens (including phenoxy) is 1. The smallest absolute Gasteiger partial charge is 0.321 e. The van der Waals surface area contributed by atoms with Gasteiger partial charge >= 0.3 is 6.03 Å². The third-order valence-electron chi connectivity index (χ3n) is 6.24. The van der Waals surface area contributed by atoms with Gasteiger partial charge in [-0.15, -0.1) is 0 Å². The van der Waals surface area contributed by atoms with Crippen molar-refractivity contribution in [2.45, 2.75) is 31.6 Å². The maximum atomic E-state index is 13.4. The second kappa shape index (κ2) is 9.36. The SMILES string of the molecule is O=C(Nc1ccc(NC(=O)N2CCCCCC2)cc1)C1c2ccccc2Oc2ccccc21. The number of carbonyl (C=O) groups excluding carboxylic acids is 2. The molecule has 2 aliphatic heterocycles. The van der Waals surface area contributed by atoms with Crippen LogP contribution in [0.2, 0.25) is 0 Å². The summed E-state index contributed by atoms with van der Waals surface area (Å²) in [6, 6.07) is 22.4. The van der Waals surface area contributed by atoms with Crippen molar-refractivity contribution in [1.82, 2.24) is 4.90 Å². The number of benzene rings is 3. The average Bonchev–Trinajstić information content (AvgIpc) is 3.13. The zero-order valence-electron chi connectivity index (χ0n) is 18.4. The lowest BCUT2D eigenvalue weighted by Crippen LogP contribution is -2.35. The summed E-state index contributed by atoms with van der Waals surface area (Å²) < 4.78 is 5.99. The van der Waals surface area contributed by atoms with Crippen LogP contribution in [0.25, 0.3) is 0 Å². The molecule has 1 saturated heterocycles. The molecule has 0 aliphatic carbocycles. The summed E-state index contributed by atoms with van der Waals surface area (Å²) in [7, 11) is 0. The molecule has 3 aromatic rings. The lowest BCUT2D eigenvalue weighted by Gasteiger charge is -2.27. The van der Waals surface area contributed by atoms with Crippen LogP contribution >= 0.6 is 0 Å². The van der Waals surface area contributed by atoms with Gasteiger partial charge < -0.3 is 20.3 Å². The number of rotatable bonds is 3. The van der Waals surface area contributed by atoms with E-state index in [0.717, 1.165) is 37.1 Å². The van der Waals surface area contributed by atoms with Gasteiger partial charge in [-0.05, 0) is 49.2 Å². The fraction of sp³-hybridized carbons (Fsp3) is 0.259. The zero-order valence-corrected chi connectivity index (χ0v) is 18.4. The predicted octanol–water partition coefficient (Wildman–Crippen LogP) is 5.97. The van der Waals surface area contributed by atoms with Crippen molar-refractivity contribution in [2.24, 2.45) is 0 Å². The standard InChI is InChI=1S/C27H27N3O3/c31-26(25-21-9-3-5-11-23(21)33-24-12-6-4-10-22(24)25)28-19-13-15-20(16-14-19)29-27(32)30-17-7-1-2-8-18-30/h3-6,9-16,25H,1-2,7-8,17-18H2,(H,28,31)(H,29,32). The Kier molecular flexibility index (Phi) is 5.98. The zero-order chi connectivity index (χ0) is 22.6. The molecule has 1 fully saturated rings. The van der Waals surface area contributed by atoms with Gasteiger partial charge in [-0.2, -0.15) is 0 Å². The van der Waals surface area contributed by atoms with Gasteiger partial charge in [0, 0.05) is 35.6 Å². The summed E-state index contributed by atoms with van der Waals surface area (Å²) in [6.45, 7) is 1.60. The highest BCUT2D eigenvalue weighted by Gasteiger charge is 2.32. The van der Waals surface area contributed by atoms with E-state index in [-0.39, 0.29) is 11.9 Å². The van der Waals surface area contributed by atoms with Gasteiger partial charge in [-0.25, -0.2) is 4.79 Å². The third-order valence-corrected chi connectivity index (χ3v) is 6.24. The topological polar surface area (TPSA) is 70.7 Å². The van der Waals surface area contributed by atoms with E-state index in [4.69, 9.17) is 4.74 Å². The first-order valence-electron chi connectivity index (χ1n) is 11.5. The molecule has 5 rings (SSSR count). The molecule has 3 amide bonds. The number of nitrogens with one attached hydrogen (secondary N) is 2. The molecule has 3 aromatic carbocycles. The maximum absolute atomic E-state index is 13.4. The number of hydrogen-bond donors (Lipinski definition) is 2. The Morgan fingerprint density at radius 1 is 0.697 bits per heavy atom. The number of para-hydroxylation sites is 2. The fourth-order valence-electron chi connectivity index (χ4n) is 4.52. The van der Waals surface area contributed by atoms with E-state index in [1.165, 1.54) is 12.8 Å².